The first-order valence-corrected chi connectivity index (χ1v) is 8.71. The molecule has 3 nitrogen and oxygen atoms in total. The summed E-state index contributed by atoms with van der Waals surface area (Å²) in [5.74, 6) is -0.413. The van der Waals surface area contributed by atoms with Gasteiger partial charge in [-0.25, -0.2) is 12.8 Å². The van der Waals surface area contributed by atoms with E-state index in [4.69, 9.17) is 11.6 Å². The van der Waals surface area contributed by atoms with Crippen molar-refractivity contribution in [3.8, 4) is 0 Å². The molecule has 3 rings (SSSR count). The quantitative estimate of drug-likeness (QED) is 0.786. The molecule has 6 heteroatoms. The lowest BCUT2D eigenvalue weighted by Crippen LogP contribution is -2.46. The predicted molar refractivity (Wildman–Crippen MR) is 75.8 cm³/mol. The van der Waals surface area contributed by atoms with Crippen molar-refractivity contribution in [3.05, 3.63) is 29.6 Å². The van der Waals surface area contributed by atoms with Crippen molar-refractivity contribution >= 4 is 21.6 Å². The van der Waals surface area contributed by atoms with Crippen LogP contribution in [0, 0.1) is 12.7 Å². The van der Waals surface area contributed by atoms with Gasteiger partial charge in [0.25, 0.3) is 0 Å². The highest BCUT2D eigenvalue weighted by atomic mass is 35.5. The normalized spacial score (nSPS) is 30.6. The molecular weight excluding hydrogens is 301 g/mol. The second-order valence-corrected chi connectivity index (χ2v) is 8.13. The fourth-order valence-electron chi connectivity index (χ4n) is 3.48. The van der Waals surface area contributed by atoms with Crippen LogP contribution in [0.3, 0.4) is 0 Å². The SMILES string of the molecule is Cc1cc(F)ccc1S(=O)(=O)N1C2CCC1CC(Cl)C2. The van der Waals surface area contributed by atoms with Crippen LogP contribution in [-0.2, 0) is 10.0 Å². The number of hydrogen-bond donors (Lipinski definition) is 0. The zero-order chi connectivity index (χ0) is 14.5. The minimum absolute atomic E-state index is 0.00861. The Morgan fingerprint density at radius 3 is 2.40 bits per heavy atom. The molecule has 1 aromatic carbocycles. The average Bonchev–Trinajstić information content (AvgIpc) is 2.62. The molecule has 2 atom stereocenters. The van der Waals surface area contributed by atoms with Gasteiger partial charge in [0.05, 0.1) is 4.90 Å². The van der Waals surface area contributed by atoms with Crippen molar-refractivity contribution in [3.63, 3.8) is 0 Å². The topological polar surface area (TPSA) is 37.4 Å². The van der Waals surface area contributed by atoms with Crippen molar-refractivity contribution in [2.24, 2.45) is 0 Å². The maximum absolute atomic E-state index is 13.2. The Balaban J connectivity index is 2.01. The van der Waals surface area contributed by atoms with Crippen LogP contribution in [0.5, 0.6) is 0 Å². The highest BCUT2D eigenvalue weighted by molar-refractivity contribution is 7.89. The monoisotopic (exact) mass is 317 g/mol. The molecule has 2 unspecified atom stereocenters. The van der Waals surface area contributed by atoms with Gasteiger partial charge in [-0.2, -0.15) is 4.31 Å². The fourth-order valence-corrected chi connectivity index (χ4v) is 5.99. The molecule has 0 N–H and O–H groups in total. The summed E-state index contributed by atoms with van der Waals surface area (Å²) in [4.78, 5) is 0.212. The third-order valence-electron chi connectivity index (χ3n) is 4.30. The smallest absolute Gasteiger partial charge is 0.207 e. The van der Waals surface area contributed by atoms with Crippen LogP contribution in [0.4, 0.5) is 4.39 Å². The van der Waals surface area contributed by atoms with Crippen LogP contribution >= 0.6 is 11.6 Å². The zero-order valence-electron chi connectivity index (χ0n) is 11.2. The molecule has 0 spiro atoms. The minimum Gasteiger partial charge on any atom is -0.207 e. The number of nitrogens with zero attached hydrogens (tertiary/aromatic N) is 1. The van der Waals surface area contributed by atoms with E-state index in [2.05, 4.69) is 0 Å². The van der Waals surface area contributed by atoms with E-state index in [1.165, 1.54) is 18.2 Å². The van der Waals surface area contributed by atoms with Gasteiger partial charge in [0.1, 0.15) is 5.82 Å². The van der Waals surface area contributed by atoms with Gasteiger partial charge in [0.2, 0.25) is 10.0 Å². The van der Waals surface area contributed by atoms with Gasteiger partial charge in [-0.3, -0.25) is 0 Å². The van der Waals surface area contributed by atoms with E-state index in [-0.39, 0.29) is 22.4 Å². The Morgan fingerprint density at radius 2 is 1.85 bits per heavy atom. The van der Waals surface area contributed by atoms with Crippen molar-refractivity contribution in [2.45, 2.75) is 55.0 Å². The lowest BCUT2D eigenvalue weighted by Gasteiger charge is -2.36. The van der Waals surface area contributed by atoms with Crippen molar-refractivity contribution < 1.29 is 12.8 Å². The van der Waals surface area contributed by atoms with E-state index in [0.717, 1.165) is 12.8 Å². The van der Waals surface area contributed by atoms with Gasteiger partial charge < -0.3 is 0 Å². The summed E-state index contributed by atoms with van der Waals surface area (Å²) in [6, 6.07) is 3.82. The van der Waals surface area contributed by atoms with Crippen LogP contribution in [0.1, 0.15) is 31.2 Å². The predicted octanol–water partition coefficient (Wildman–Crippen LogP) is 3.06. The molecule has 2 heterocycles. The van der Waals surface area contributed by atoms with Gasteiger partial charge in [-0.05, 0) is 56.4 Å². The Bertz CT molecular complexity index is 620. The lowest BCUT2D eigenvalue weighted by molar-refractivity contribution is 0.251. The van der Waals surface area contributed by atoms with Gasteiger partial charge in [-0.15, -0.1) is 11.6 Å². The number of benzene rings is 1. The summed E-state index contributed by atoms with van der Waals surface area (Å²) in [7, 11) is -3.56. The molecule has 0 radical (unpaired) electrons. The molecule has 2 bridgehead atoms. The summed E-state index contributed by atoms with van der Waals surface area (Å²) < 4.78 is 40.5. The molecule has 2 aliphatic rings. The second-order valence-electron chi connectivity index (χ2n) is 5.70. The number of hydrogen-bond acceptors (Lipinski definition) is 2. The van der Waals surface area contributed by atoms with Crippen LogP contribution < -0.4 is 0 Å². The third kappa shape index (κ3) is 2.26. The molecule has 2 fully saturated rings. The molecule has 0 aliphatic carbocycles. The highest BCUT2D eigenvalue weighted by Crippen LogP contribution is 2.41. The van der Waals surface area contributed by atoms with E-state index in [1.807, 2.05) is 0 Å². The maximum atomic E-state index is 13.2. The van der Waals surface area contributed by atoms with Gasteiger partial charge in [0.15, 0.2) is 0 Å². The molecule has 20 heavy (non-hydrogen) atoms. The van der Waals surface area contributed by atoms with Gasteiger partial charge in [-0.1, -0.05) is 0 Å². The van der Waals surface area contributed by atoms with Crippen molar-refractivity contribution in [1.82, 2.24) is 4.31 Å². The fraction of sp³-hybridized carbons (Fsp3) is 0.571. The first-order valence-electron chi connectivity index (χ1n) is 6.83. The summed E-state index contributed by atoms with van der Waals surface area (Å²) in [6.45, 7) is 1.63. The molecule has 0 saturated carbocycles. The van der Waals surface area contributed by atoms with E-state index in [0.29, 0.717) is 18.4 Å². The van der Waals surface area contributed by atoms with Gasteiger partial charge >= 0.3 is 0 Å². The van der Waals surface area contributed by atoms with E-state index >= 15 is 0 Å². The van der Waals surface area contributed by atoms with Crippen molar-refractivity contribution in [2.75, 3.05) is 0 Å². The summed E-state index contributed by atoms with van der Waals surface area (Å²) in [5, 5.41) is 0.0632. The third-order valence-corrected chi connectivity index (χ3v) is 6.82. The first kappa shape index (κ1) is 14.3. The largest absolute Gasteiger partial charge is 0.243 e. The molecule has 2 saturated heterocycles. The summed E-state index contributed by atoms with van der Waals surface area (Å²) in [5.41, 5.74) is 0.456. The maximum Gasteiger partial charge on any atom is 0.243 e. The second kappa shape index (κ2) is 4.97. The Morgan fingerprint density at radius 1 is 1.25 bits per heavy atom. The number of sulfonamides is 1. The van der Waals surface area contributed by atoms with E-state index < -0.39 is 15.8 Å². The van der Waals surface area contributed by atoms with Crippen LogP contribution in [-0.4, -0.2) is 30.2 Å². The molecular formula is C14H17ClFNO2S. The standard InChI is InChI=1S/C14H17ClFNO2S/c1-9-6-11(16)2-5-14(9)20(18,19)17-12-3-4-13(17)8-10(15)7-12/h2,5-6,10,12-13H,3-4,7-8H2,1H3. The number of alkyl halides is 1. The molecule has 1 aromatic rings. The van der Waals surface area contributed by atoms with E-state index in [9.17, 15) is 12.8 Å². The zero-order valence-corrected chi connectivity index (χ0v) is 12.8. The Hall–Kier alpha value is -0.650. The summed E-state index contributed by atoms with van der Waals surface area (Å²) >= 11 is 6.19. The molecule has 110 valence electrons. The minimum atomic E-state index is -3.56. The lowest BCUT2D eigenvalue weighted by atomic mass is 10.1. The average molecular weight is 318 g/mol. The van der Waals surface area contributed by atoms with Crippen LogP contribution in [0.25, 0.3) is 0 Å². The number of rotatable bonds is 2. The number of aryl methyl sites for hydroxylation is 1. The van der Waals surface area contributed by atoms with Crippen molar-refractivity contribution in [1.29, 1.82) is 0 Å². The number of halogens is 2. The molecule has 0 amide bonds. The number of fused-ring (bicyclic) bond motifs is 2. The van der Waals surface area contributed by atoms with Crippen LogP contribution in [0.2, 0.25) is 0 Å². The Labute approximate surface area is 123 Å². The van der Waals surface area contributed by atoms with E-state index in [1.54, 1.807) is 11.2 Å². The number of piperidine rings is 1. The molecule has 2 aliphatic heterocycles. The highest BCUT2D eigenvalue weighted by Gasteiger charge is 2.47. The summed E-state index contributed by atoms with van der Waals surface area (Å²) in [6.07, 6.45) is 3.15. The Kier molecular flexibility index (Phi) is 3.55. The van der Waals surface area contributed by atoms with Crippen LogP contribution in [0.15, 0.2) is 23.1 Å². The molecule has 0 aromatic heterocycles. The van der Waals surface area contributed by atoms with Gasteiger partial charge in [0, 0.05) is 17.5 Å². The first-order chi connectivity index (χ1) is 9.39.